The molecule has 0 radical (unpaired) electrons. The first kappa shape index (κ1) is 19.9. The lowest BCUT2D eigenvalue weighted by molar-refractivity contribution is 0.247. The maximum Gasteiger partial charge on any atom is 0.226 e. The SMILES string of the molecule is Cc1cc(N2CCN(Cc3coc(-c4cccc5ccccc45)n3)CC2)c2ccccc2n1. The second kappa shape index (κ2) is 8.34. The van der Waals surface area contributed by atoms with Gasteiger partial charge in [0.05, 0.1) is 11.2 Å². The molecular weight excluding hydrogens is 408 g/mol. The number of aryl methyl sites for hydroxylation is 1. The molecule has 5 nitrogen and oxygen atoms in total. The smallest absolute Gasteiger partial charge is 0.226 e. The maximum atomic E-state index is 5.90. The third kappa shape index (κ3) is 3.85. The minimum absolute atomic E-state index is 0.694. The van der Waals surface area contributed by atoms with Crippen molar-refractivity contribution in [3.05, 3.63) is 90.4 Å². The monoisotopic (exact) mass is 434 g/mol. The highest BCUT2D eigenvalue weighted by Crippen LogP contribution is 2.29. The lowest BCUT2D eigenvalue weighted by Crippen LogP contribution is -2.46. The fourth-order valence-corrected chi connectivity index (χ4v) is 4.84. The minimum Gasteiger partial charge on any atom is -0.444 e. The Balaban J connectivity index is 1.16. The number of hydrogen-bond acceptors (Lipinski definition) is 5. The van der Waals surface area contributed by atoms with E-state index in [-0.39, 0.29) is 0 Å². The van der Waals surface area contributed by atoms with Crippen LogP contribution in [0.5, 0.6) is 0 Å². The molecule has 1 fully saturated rings. The Hall–Kier alpha value is -3.70. The molecule has 0 amide bonds. The zero-order chi connectivity index (χ0) is 22.2. The Morgan fingerprint density at radius 2 is 1.58 bits per heavy atom. The van der Waals surface area contributed by atoms with E-state index in [2.05, 4.69) is 89.5 Å². The highest BCUT2D eigenvalue weighted by Gasteiger charge is 2.21. The van der Waals surface area contributed by atoms with Crippen LogP contribution in [-0.2, 0) is 6.54 Å². The number of nitrogens with zero attached hydrogens (tertiary/aromatic N) is 4. The lowest BCUT2D eigenvalue weighted by Gasteiger charge is -2.36. The molecule has 33 heavy (non-hydrogen) atoms. The van der Waals surface area contributed by atoms with E-state index in [1.807, 2.05) is 6.26 Å². The van der Waals surface area contributed by atoms with Crippen molar-refractivity contribution >= 4 is 27.4 Å². The van der Waals surface area contributed by atoms with E-state index < -0.39 is 0 Å². The van der Waals surface area contributed by atoms with Crippen LogP contribution in [0.25, 0.3) is 33.1 Å². The Bertz CT molecular complexity index is 1430. The number of aromatic nitrogens is 2. The van der Waals surface area contributed by atoms with E-state index in [9.17, 15) is 0 Å². The van der Waals surface area contributed by atoms with E-state index in [1.54, 1.807) is 0 Å². The molecule has 5 aromatic rings. The van der Waals surface area contributed by atoms with Gasteiger partial charge in [-0.1, -0.05) is 54.6 Å². The van der Waals surface area contributed by atoms with Crippen molar-refractivity contribution < 1.29 is 4.42 Å². The Labute approximate surface area is 193 Å². The van der Waals surface area contributed by atoms with Gasteiger partial charge in [0.15, 0.2) is 0 Å². The van der Waals surface area contributed by atoms with Crippen molar-refractivity contribution in [2.45, 2.75) is 13.5 Å². The molecule has 1 aliphatic rings. The average Bonchev–Trinajstić information content (AvgIpc) is 3.32. The molecule has 0 N–H and O–H groups in total. The summed E-state index contributed by atoms with van der Waals surface area (Å²) in [5.74, 6) is 0.694. The quantitative estimate of drug-likeness (QED) is 0.364. The van der Waals surface area contributed by atoms with Gasteiger partial charge in [-0.3, -0.25) is 9.88 Å². The van der Waals surface area contributed by atoms with Crippen molar-refractivity contribution in [3.8, 4) is 11.5 Å². The highest BCUT2D eigenvalue weighted by atomic mass is 16.3. The number of anilines is 1. The van der Waals surface area contributed by atoms with Crippen LogP contribution >= 0.6 is 0 Å². The van der Waals surface area contributed by atoms with Crippen LogP contribution in [0.2, 0.25) is 0 Å². The van der Waals surface area contributed by atoms with Crippen molar-refractivity contribution in [3.63, 3.8) is 0 Å². The first-order valence-electron chi connectivity index (χ1n) is 11.5. The summed E-state index contributed by atoms with van der Waals surface area (Å²) in [6.07, 6.45) is 1.81. The first-order chi connectivity index (χ1) is 16.2. The van der Waals surface area contributed by atoms with Crippen molar-refractivity contribution in [1.29, 1.82) is 0 Å². The molecule has 0 atom stereocenters. The summed E-state index contributed by atoms with van der Waals surface area (Å²) in [5, 5.41) is 3.60. The summed E-state index contributed by atoms with van der Waals surface area (Å²) in [4.78, 5) is 14.5. The summed E-state index contributed by atoms with van der Waals surface area (Å²) in [6, 6.07) is 25.3. The van der Waals surface area contributed by atoms with Crippen LogP contribution < -0.4 is 4.90 Å². The lowest BCUT2D eigenvalue weighted by atomic mass is 10.0. The van der Waals surface area contributed by atoms with Crippen LogP contribution in [0.4, 0.5) is 5.69 Å². The second-order valence-electron chi connectivity index (χ2n) is 8.73. The number of oxazole rings is 1. The third-order valence-electron chi connectivity index (χ3n) is 6.49. The summed E-state index contributed by atoms with van der Waals surface area (Å²) in [5.41, 5.74) is 5.45. The van der Waals surface area contributed by atoms with E-state index in [1.165, 1.54) is 21.8 Å². The van der Waals surface area contributed by atoms with Crippen LogP contribution in [0.3, 0.4) is 0 Å². The third-order valence-corrected chi connectivity index (χ3v) is 6.49. The van der Waals surface area contributed by atoms with Gasteiger partial charge >= 0.3 is 0 Å². The molecule has 164 valence electrons. The molecule has 5 heteroatoms. The van der Waals surface area contributed by atoms with Gasteiger partial charge in [-0.25, -0.2) is 4.98 Å². The fraction of sp³-hybridized carbons (Fsp3) is 0.214. The van der Waals surface area contributed by atoms with Gasteiger partial charge in [0, 0.05) is 55.1 Å². The van der Waals surface area contributed by atoms with Crippen LogP contribution in [0.1, 0.15) is 11.4 Å². The Morgan fingerprint density at radius 1 is 0.818 bits per heavy atom. The van der Waals surface area contributed by atoms with Gasteiger partial charge in [-0.05, 0) is 35.9 Å². The summed E-state index contributed by atoms with van der Waals surface area (Å²) in [7, 11) is 0. The van der Waals surface area contributed by atoms with Gasteiger partial charge in [-0.15, -0.1) is 0 Å². The van der Waals surface area contributed by atoms with Gasteiger partial charge in [-0.2, -0.15) is 0 Å². The number of pyridine rings is 1. The zero-order valence-electron chi connectivity index (χ0n) is 18.7. The standard InChI is InChI=1S/C28H26N4O/c1-20-17-27(25-10-4-5-12-26(25)29-20)32-15-13-31(14-16-32)18-22-19-33-28(30-22)24-11-6-8-21-7-2-3-9-23(21)24/h2-12,17,19H,13-16,18H2,1H3. The largest absolute Gasteiger partial charge is 0.444 e. The number of piperazine rings is 1. The van der Waals surface area contributed by atoms with Crippen molar-refractivity contribution in [2.24, 2.45) is 0 Å². The fourth-order valence-electron chi connectivity index (χ4n) is 4.84. The number of hydrogen-bond donors (Lipinski definition) is 0. The number of para-hydroxylation sites is 1. The first-order valence-corrected chi connectivity index (χ1v) is 11.5. The molecule has 6 rings (SSSR count). The highest BCUT2D eigenvalue weighted by molar-refractivity contribution is 5.94. The predicted octanol–water partition coefficient (Wildman–Crippen LogP) is 5.67. The van der Waals surface area contributed by atoms with E-state index >= 15 is 0 Å². The normalized spacial score (nSPS) is 14.9. The number of fused-ring (bicyclic) bond motifs is 2. The topological polar surface area (TPSA) is 45.4 Å². The van der Waals surface area contributed by atoms with Crippen LogP contribution in [0.15, 0.2) is 83.5 Å². The molecular formula is C28H26N4O. The maximum absolute atomic E-state index is 5.90. The number of rotatable bonds is 4. The summed E-state index contributed by atoms with van der Waals surface area (Å²) >= 11 is 0. The van der Waals surface area contributed by atoms with Gasteiger partial charge in [0.1, 0.15) is 6.26 Å². The Kier molecular flexibility index (Phi) is 5.04. The van der Waals surface area contributed by atoms with E-state index in [4.69, 9.17) is 14.4 Å². The van der Waals surface area contributed by atoms with Crippen molar-refractivity contribution in [1.82, 2.24) is 14.9 Å². The minimum atomic E-state index is 0.694. The molecule has 0 aliphatic carbocycles. The molecule has 3 aromatic carbocycles. The molecule has 0 bridgehead atoms. The van der Waals surface area contributed by atoms with E-state index in [0.29, 0.717) is 5.89 Å². The molecule has 2 aromatic heterocycles. The van der Waals surface area contributed by atoms with Crippen LogP contribution in [0, 0.1) is 6.92 Å². The number of benzene rings is 3. The molecule has 1 saturated heterocycles. The second-order valence-corrected chi connectivity index (χ2v) is 8.73. The van der Waals surface area contributed by atoms with Gasteiger partial charge < -0.3 is 9.32 Å². The summed E-state index contributed by atoms with van der Waals surface area (Å²) < 4.78 is 5.90. The zero-order valence-corrected chi connectivity index (χ0v) is 18.7. The van der Waals surface area contributed by atoms with Crippen LogP contribution in [-0.4, -0.2) is 41.0 Å². The molecule has 0 unspecified atom stereocenters. The van der Waals surface area contributed by atoms with Gasteiger partial charge in [0.25, 0.3) is 0 Å². The molecule has 3 heterocycles. The average molecular weight is 435 g/mol. The predicted molar refractivity (Wildman–Crippen MR) is 133 cm³/mol. The molecule has 0 spiro atoms. The molecule has 0 saturated carbocycles. The van der Waals surface area contributed by atoms with Gasteiger partial charge in [0.2, 0.25) is 5.89 Å². The van der Waals surface area contributed by atoms with Crippen molar-refractivity contribution in [2.75, 3.05) is 31.1 Å². The summed E-state index contributed by atoms with van der Waals surface area (Å²) in [6.45, 7) is 6.84. The molecule has 1 aliphatic heterocycles. The van der Waals surface area contributed by atoms with E-state index in [0.717, 1.165) is 55.2 Å². The Morgan fingerprint density at radius 3 is 2.45 bits per heavy atom.